The van der Waals surface area contributed by atoms with Crippen LogP contribution < -0.4 is 15.8 Å². The standard InChI is InChI=1S/C11H18FN3O2S/c1-8(2)15(6-5-13)11-4-3-9(7-10(11)12)18(14,16)17/h3-4,7-8H,5-6,13H2,1-2H3,(H2,14,16,17). The van der Waals surface area contributed by atoms with E-state index in [4.69, 9.17) is 10.9 Å². The van der Waals surface area contributed by atoms with Gasteiger partial charge in [-0.25, -0.2) is 17.9 Å². The molecule has 0 amide bonds. The van der Waals surface area contributed by atoms with Crippen molar-refractivity contribution in [2.45, 2.75) is 24.8 Å². The van der Waals surface area contributed by atoms with E-state index in [1.54, 1.807) is 4.90 Å². The van der Waals surface area contributed by atoms with Crippen LogP contribution in [0.5, 0.6) is 0 Å². The van der Waals surface area contributed by atoms with Crippen LogP contribution in [0.1, 0.15) is 13.8 Å². The summed E-state index contributed by atoms with van der Waals surface area (Å²) in [5.41, 5.74) is 5.80. The highest BCUT2D eigenvalue weighted by Crippen LogP contribution is 2.23. The van der Waals surface area contributed by atoms with Crippen molar-refractivity contribution in [1.29, 1.82) is 0 Å². The third-order valence-corrected chi connectivity index (χ3v) is 3.46. The number of hydrogen-bond donors (Lipinski definition) is 2. The van der Waals surface area contributed by atoms with Crippen LogP contribution in [-0.2, 0) is 10.0 Å². The van der Waals surface area contributed by atoms with E-state index in [9.17, 15) is 12.8 Å². The number of anilines is 1. The van der Waals surface area contributed by atoms with Gasteiger partial charge in [0.25, 0.3) is 0 Å². The molecule has 0 aliphatic heterocycles. The summed E-state index contributed by atoms with van der Waals surface area (Å²) in [6.07, 6.45) is 0. The molecule has 0 bridgehead atoms. The molecule has 7 heteroatoms. The van der Waals surface area contributed by atoms with Crippen molar-refractivity contribution >= 4 is 15.7 Å². The zero-order valence-corrected chi connectivity index (χ0v) is 11.2. The van der Waals surface area contributed by atoms with Gasteiger partial charge in [0.1, 0.15) is 5.82 Å². The van der Waals surface area contributed by atoms with E-state index >= 15 is 0 Å². The minimum absolute atomic E-state index is 0.0587. The molecule has 0 aromatic heterocycles. The van der Waals surface area contributed by atoms with Gasteiger partial charge in [-0.15, -0.1) is 0 Å². The van der Waals surface area contributed by atoms with Gasteiger partial charge in [-0.05, 0) is 32.0 Å². The summed E-state index contributed by atoms with van der Waals surface area (Å²) >= 11 is 0. The molecule has 102 valence electrons. The van der Waals surface area contributed by atoms with Crippen LogP contribution in [0.2, 0.25) is 0 Å². The zero-order chi connectivity index (χ0) is 13.9. The first kappa shape index (κ1) is 14.9. The lowest BCUT2D eigenvalue weighted by atomic mass is 10.2. The van der Waals surface area contributed by atoms with Gasteiger partial charge in [0.15, 0.2) is 0 Å². The summed E-state index contributed by atoms with van der Waals surface area (Å²) in [7, 11) is -3.88. The van der Waals surface area contributed by atoms with Crippen LogP contribution in [0, 0.1) is 5.82 Å². The Balaban J connectivity index is 3.19. The first-order valence-electron chi connectivity index (χ1n) is 5.56. The van der Waals surface area contributed by atoms with Gasteiger partial charge >= 0.3 is 0 Å². The van der Waals surface area contributed by atoms with E-state index in [1.165, 1.54) is 12.1 Å². The third kappa shape index (κ3) is 3.41. The van der Waals surface area contributed by atoms with Gasteiger partial charge in [0, 0.05) is 19.1 Å². The second kappa shape index (κ2) is 5.64. The SMILES string of the molecule is CC(C)N(CCN)c1ccc(S(N)(=O)=O)cc1F. The van der Waals surface area contributed by atoms with Crippen LogP contribution in [0.4, 0.5) is 10.1 Å². The van der Waals surface area contributed by atoms with Crippen LogP contribution in [0.25, 0.3) is 0 Å². The van der Waals surface area contributed by atoms with Gasteiger partial charge in [-0.2, -0.15) is 0 Å². The van der Waals surface area contributed by atoms with Gasteiger partial charge in [-0.3, -0.25) is 0 Å². The maximum absolute atomic E-state index is 13.9. The number of benzene rings is 1. The highest BCUT2D eigenvalue weighted by Gasteiger charge is 2.17. The summed E-state index contributed by atoms with van der Waals surface area (Å²) in [5.74, 6) is -0.622. The second-order valence-corrected chi connectivity index (χ2v) is 5.80. The predicted molar refractivity (Wildman–Crippen MR) is 69.3 cm³/mol. The van der Waals surface area contributed by atoms with E-state index in [1.807, 2.05) is 13.8 Å². The highest BCUT2D eigenvalue weighted by molar-refractivity contribution is 7.89. The molecule has 0 saturated heterocycles. The average Bonchev–Trinajstić information content (AvgIpc) is 2.24. The number of rotatable bonds is 5. The van der Waals surface area contributed by atoms with Gasteiger partial charge in [0.2, 0.25) is 10.0 Å². The van der Waals surface area contributed by atoms with E-state index in [-0.39, 0.29) is 10.9 Å². The number of nitrogens with zero attached hydrogens (tertiary/aromatic N) is 1. The predicted octanol–water partition coefficient (Wildman–Crippen LogP) is 0.647. The Morgan fingerprint density at radius 2 is 2.00 bits per heavy atom. The van der Waals surface area contributed by atoms with Crippen LogP contribution in [0.3, 0.4) is 0 Å². The normalized spacial score (nSPS) is 11.9. The molecule has 0 atom stereocenters. The fraction of sp³-hybridized carbons (Fsp3) is 0.455. The molecular formula is C11H18FN3O2S. The Kier molecular flexibility index (Phi) is 4.66. The van der Waals surface area contributed by atoms with Crippen molar-refractivity contribution in [3.63, 3.8) is 0 Å². The summed E-state index contributed by atoms with van der Waals surface area (Å²) in [5, 5.41) is 4.94. The molecule has 18 heavy (non-hydrogen) atoms. The molecule has 0 aliphatic rings. The molecule has 0 fully saturated rings. The quantitative estimate of drug-likeness (QED) is 0.825. The van der Waals surface area contributed by atoms with Crippen molar-refractivity contribution < 1.29 is 12.8 Å². The number of nitrogens with two attached hydrogens (primary N) is 2. The molecule has 0 saturated carbocycles. The van der Waals surface area contributed by atoms with Crippen LogP contribution >= 0.6 is 0 Å². The Hall–Kier alpha value is -1.18. The lowest BCUT2D eigenvalue weighted by Gasteiger charge is -2.28. The molecule has 1 aromatic carbocycles. The van der Waals surface area contributed by atoms with Crippen LogP contribution in [-0.4, -0.2) is 27.5 Å². The minimum Gasteiger partial charge on any atom is -0.365 e. The lowest BCUT2D eigenvalue weighted by molar-refractivity contribution is 0.585. The number of sulfonamides is 1. The maximum atomic E-state index is 13.9. The molecular weight excluding hydrogens is 257 g/mol. The molecule has 0 aliphatic carbocycles. The van der Waals surface area contributed by atoms with Gasteiger partial charge < -0.3 is 10.6 Å². The Morgan fingerprint density at radius 1 is 1.39 bits per heavy atom. The summed E-state index contributed by atoms with van der Waals surface area (Å²) in [6.45, 7) is 4.68. The minimum atomic E-state index is -3.88. The smallest absolute Gasteiger partial charge is 0.238 e. The summed E-state index contributed by atoms with van der Waals surface area (Å²) in [6, 6.07) is 3.68. The van der Waals surface area contributed by atoms with Crippen molar-refractivity contribution in [3.05, 3.63) is 24.0 Å². The van der Waals surface area contributed by atoms with E-state index in [2.05, 4.69) is 0 Å². The van der Waals surface area contributed by atoms with E-state index < -0.39 is 15.8 Å². The Morgan fingerprint density at radius 3 is 2.39 bits per heavy atom. The highest BCUT2D eigenvalue weighted by atomic mass is 32.2. The largest absolute Gasteiger partial charge is 0.365 e. The fourth-order valence-corrected chi connectivity index (χ4v) is 2.22. The topological polar surface area (TPSA) is 89.4 Å². The number of hydrogen-bond acceptors (Lipinski definition) is 4. The van der Waals surface area contributed by atoms with Crippen LogP contribution in [0.15, 0.2) is 23.1 Å². The van der Waals surface area contributed by atoms with Gasteiger partial charge in [0.05, 0.1) is 10.6 Å². The lowest BCUT2D eigenvalue weighted by Crippen LogP contribution is -2.36. The summed E-state index contributed by atoms with van der Waals surface area (Å²) in [4.78, 5) is 1.53. The van der Waals surface area contributed by atoms with Crippen molar-refractivity contribution in [2.75, 3.05) is 18.0 Å². The van der Waals surface area contributed by atoms with Crippen molar-refractivity contribution in [3.8, 4) is 0 Å². The van der Waals surface area contributed by atoms with E-state index in [0.29, 0.717) is 18.8 Å². The maximum Gasteiger partial charge on any atom is 0.238 e. The van der Waals surface area contributed by atoms with Crippen molar-refractivity contribution in [2.24, 2.45) is 10.9 Å². The Labute approximate surface area is 107 Å². The fourth-order valence-electron chi connectivity index (χ4n) is 1.69. The second-order valence-electron chi connectivity index (χ2n) is 4.23. The monoisotopic (exact) mass is 275 g/mol. The first-order valence-corrected chi connectivity index (χ1v) is 7.11. The number of primary sulfonamides is 1. The molecule has 0 heterocycles. The molecule has 5 nitrogen and oxygen atoms in total. The third-order valence-electron chi connectivity index (χ3n) is 2.55. The number of halogens is 1. The molecule has 0 radical (unpaired) electrons. The molecule has 0 spiro atoms. The molecule has 1 aromatic rings. The summed E-state index contributed by atoms with van der Waals surface area (Å²) < 4.78 is 36.1. The van der Waals surface area contributed by atoms with Crippen molar-refractivity contribution in [1.82, 2.24) is 0 Å². The van der Waals surface area contributed by atoms with Gasteiger partial charge in [-0.1, -0.05) is 0 Å². The molecule has 0 unspecified atom stereocenters. The van der Waals surface area contributed by atoms with E-state index in [0.717, 1.165) is 6.07 Å². The average molecular weight is 275 g/mol. The Bertz CT molecular complexity index is 517. The molecule has 1 rings (SSSR count). The first-order chi connectivity index (χ1) is 8.27. The zero-order valence-electron chi connectivity index (χ0n) is 10.4. The molecule has 4 N–H and O–H groups in total.